The Labute approximate surface area is 109 Å². The molecule has 0 spiro atoms. The largest absolute Gasteiger partial charge is 0.273 e. The standard InChI is InChI=1S/C15H24N2O/c1-9(2)3-14(18)16-17-15-12-5-10-4-11(7-12)8-13(15)6-10/h9-13H,3-8H2,1-2H3,(H,16,18). The molecule has 0 heterocycles. The molecule has 4 aliphatic rings. The Morgan fingerprint density at radius 2 is 1.72 bits per heavy atom. The Bertz CT molecular complexity index is 343. The van der Waals surface area contributed by atoms with E-state index in [1.807, 2.05) is 0 Å². The molecule has 1 amide bonds. The van der Waals surface area contributed by atoms with Crippen LogP contribution in [0.25, 0.3) is 0 Å². The number of rotatable bonds is 3. The van der Waals surface area contributed by atoms with Crippen LogP contribution in [-0.4, -0.2) is 11.6 Å². The summed E-state index contributed by atoms with van der Waals surface area (Å²) < 4.78 is 0. The fraction of sp³-hybridized carbons (Fsp3) is 0.867. The van der Waals surface area contributed by atoms with Gasteiger partial charge in [-0.15, -0.1) is 0 Å². The molecule has 0 saturated heterocycles. The van der Waals surface area contributed by atoms with Crippen LogP contribution in [0.3, 0.4) is 0 Å². The van der Waals surface area contributed by atoms with Crippen molar-refractivity contribution in [1.29, 1.82) is 0 Å². The number of hydrazone groups is 1. The number of hydrogen-bond donors (Lipinski definition) is 1. The lowest BCUT2D eigenvalue weighted by atomic mass is 9.55. The van der Waals surface area contributed by atoms with Crippen molar-refractivity contribution in [3.05, 3.63) is 0 Å². The molecular formula is C15H24N2O. The van der Waals surface area contributed by atoms with Crippen LogP contribution in [-0.2, 0) is 4.79 Å². The molecular weight excluding hydrogens is 224 g/mol. The van der Waals surface area contributed by atoms with Crippen LogP contribution >= 0.6 is 0 Å². The van der Waals surface area contributed by atoms with Gasteiger partial charge in [0.05, 0.1) is 0 Å². The van der Waals surface area contributed by atoms with E-state index in [9.17, 15) is 4.79 Å². The molecule has 0 aromatic rings. The average molecular weight is 248 g/mol. The minimum absolute atomic E-state index is 0.0753. The number of amides is 1. The fourth-order valence-corrected chi connectivity index (χ4v) is 4.39. The third-order valence-corrected chi connectivity index (χ3v) is 4.88. The first-order chi connectivity index (χ1) is 8.61. The summed E-state index contributed by atoms with van der Waals surface area (Å²) in [6, 6.07) is 0. The van der Waals surface area contributed by atoms with Crippen LogP contribution in [0.15, 0.2) is 5.10 Å². The van der Waals surface area contributed by atoms with Gasteiger partial charge in [0.1, 0.15) is 0 Å². The average Bonchev–Trinajstić information content (AvgIpc) is 2.25. The van der Waals surface area contributed by atoms with Crippen LogP contribution in [0.4, 0.5) is 0 Å². The van der Waals surface area contributed by atoms with E-state index in [4.69, 9.17) is 0 Å². The maximum Gasteiger partial charge on any atom is 0.240 e. The predicted molar refractivity (Wildman–Crippen MR) is 72.1 cm³/mol. The van der Waals surface area contributed by atoms with Crippen molar-refractivity contribution in [2.24, 2.45) is 34.7 Å². The molecule has 3 nitrogen and oxygen atoms in total. The van der Waals surface area contributed by atoms with Gasteiger partial charge in [0.15, 0.2) is 0 Å². The van der Waals surface area contributed by atoms with E-state index in [1.165, 1.54) is 37.8 Å². The summed E-state index contributed by atoms with van der Waals surface area (Å²) in [6.07, 6.45) is 7.34. The third-order valence-electron chi connectivity index (χ3n) is 4.88. The SMILES string of the molecule is CC(C)CC(=O)NN=C1C2CC3CC(C2)CC1C3. The predicted octanol–water partition coefficient (Wildman–Crippen LogP) is 2.96. The fourth-order valence-electron chi connectivity index (χ4n) is 4.39. The zero-order chi connectivity index (χ0) is 12.7. The normalized spacial score (nSPS) is 37.2. The van der Waals surface area contributed by atoms with Gasteiger partial charge in [-0.1, -0.05) is 13.8 Å². The summed E-state index contributed by atoms with van der Waals surface area (Å²) in [6.45, 7) is 4.13. The van der Waals surface area contributed by atoms with E-state index in [2.05, 4.69) is 24.4 Å². The van der Waals surface area contributed by atoms with Crippen LogP contribution < -0.4 is 5.43 Å². The Kier molecular flexibility index (Phi) is 3.16. The Morgan fingerprint density at radius 1 is 1.17 bits per heavy atom. The van der Waals surface area contributed by atoms with E-state index < -0.39 is 0 Å². The first-order valence-electron chi connectivity index (χ1n) is 7.48. The highest BCUT2D eigenvalue weighted by Gasteiger charge is 2.46. The van der Waals surface area contributed by atoms with Gasteiger partial charge in [-0.3, -0.25) is 4.79 Å². The molecule has 0 aromatic heterocycles. The molecule has 4 fully saturated rings. The van der Waals surface area contributed by atoms with Gasteiger partial charge in [-0.05, 0) is 61.7 Å². The topological polar surface area (TPSA) is 41.5 Å². The molecule has 0 aromatic carbocycles. The second-order valence-electron chi connectivity index (χ2n) is 6.97. The Hall–Kier alpha value is -0.860. The smallest absolute Gasteiger partial charge is 0.240 e. The number of nitrogens with one attached hydrogen (secondary N) is 1. The maximum atomic E-state index is 11.7. The van der Waals surface area contributed by atoms with Gasteiger partial charge in [0, 0.05) is 12.1 Å². The molecule has 1 N–H and O–H groups in total. The highest BCUT2D eigenvalue weighted by molar-refractivity contribution is 5.91. The van der Waals surface area contributed by atoms with Crippen molar-refractivity contribution in [3.8, 4) is 0 Å². The number of nitrogens with zero attached hydrogens (tertiary/aromatic N) is 1. The van der Waals surface area contributed by atoms with Crippen LogP contribution in [0, 0.1) is 29.6 Å². The van der Waals surface area contributed by atoms with E-state index in [0.717, 1.165) is 11.8 Å². The molecule has 4 saturated carbocycles. The number of carbonyl (C=O) groups is 1. The molecule has 4 bridgehead atoms. The lowest BCUT2D eigenvalue weighted by Gasteiger charge is -2.50. The minimum Gasteiger partial charge on any atom is -0.273 e. The highest BCUT2D eigenvalue weighted by atomic mass is 16.2. The van der Waals surface area contributed by atoms with Gasteiger partial charge in [0.25, 0.3) is 0 Å². The second-order valence-corrected chi connectivity index (χ2v) is 6.97. The number of hydrogen-bond acceptors (Lipinski definition) is 2. The molecule has 4 aliphatic carbocycles. The maximum absolute atomic E-state index is 11.7. The van der Waals surface area contributed by atoms with Crippen molar-refractivity contribution >= 4 is 11.6 Å². The van der Waals surface area contributed by atoms with E-state index in [0.29, 0.717) is 24.2 Å². The number of carbonyl (C=O) groups excluding carboxylic acids is 1. The molecule has 3 heteroatoms. The zero-order valence-electron chi connectivity index (χ0n) is 11.5. The summed E-state index contributed by atoms with van der Waals surface area (Å²) in [7, 11) is 0. The molecule has 0 unspecified atom stereocenters. The van der Waals surface area contributed by atoms with E-state index in [-0.39, 0.29) is 5.91 Å². The summed E-state index contributed by atoms with van der Waals surface area (Å²) in [5.41, 5.74) is 4.11. The zero-order valence-corrected chi connectivity index (χ0v) is 11.5. The molecule has 0 radical (unpaired) electrons. The van der Waals surface area contributed by atoms with Gasteiger partial charge >= 0.3 is 0 Å². The second kappa shape index (κ2) is 4.67. The van der Waals surface area contributed by atoms with Crippen molar-refractivity contribution in [3.63, 3.8) is 0 Å². The molecule has 100 valence electrons. The van der Waals surface area contributed by atoms with Gasteiger partial charge in [-0.25, -0.2) is 5.43 Å². The lowest BCUT2D eigenvalue weighted by Crippen LogP contribution is -2.46. The van der Waals surface area contributed by atoms with Crippen LogP contribution in [0.2, 0.25) is 0 Å². The quantitative estimate of drug-likeness (QED) is 0.766. The summed E-state index contributed by atoms with van der Waals surface area (Å²) >= 11 is 0. The lowest BCUT2D eigenvalue weighted by molar-refractivity contribution is -0.121. The van der Waals surface area contributed by atoms with Crippen LogP contribution in [0.1, 0.15) is 52.4 Å². The van der Waals surface area contributed by atoms with Crippen molar-refractivity contribution in [2.75, 3.05) is 0 Å². The highest BCUT2D eigenvalue weighted by Crippen LogP contribution is 2.52. The monoisotopic (exact) mass is 248 g/mol. The molecule has 4 rings (SSSR count). The van der Waals surface area contributed by atoms with Crippen molar-refractivity contribution < 1.29 is 4.79 Å². The Morgan fingerprint density at radius 3 is 2.22 bits per heavy atom. The third kappa shape index (κ3) is 2.32. The first-order valence-corrected chi connectivity index (χ1v) is 7.48. The molecule has 18 heavy (non-hydrogen) atoms. The summed E-state index contributed by atoms with van der Waals surface area (Å²) in [4.78, 5) is 11.7. The summed E-state index contributed by atoms with van der Waals surface area (Å²) in [5.74, 6) is 3.76. The van der Waals surface area contributed by atoms with E-state index in [1.54, 1.807) is 0 Å². The van der Waals surface area contributed by atoms with Crippen LogP contribution in [0.5, 0.6) is 0 Å². The van der Waals surface area contributed by atoms with Gasteiger partial charge < -0.3 is 0 Å². The Balaban J connectivity index is 1.64. The van der Waals surface area contributed by atoms with E-state index >= 15 is 0 Å². The van der Waals surface area contributed by atoms with Crippen molar-refractivity contribution in [1.82, 2.24) is 5.43 Å². The first kappa shape index (κ1) is 12.2. The molecule has 0 atom stereocenters. The minimum atomic E-state index is 0.0753. The molecule has 0 aliphatic heterocycles. The van der Waals surface area contributed by atoms with Gasteiger partial charge in [-0.2, -0.15) is 5.10 Å². The summed E-state index contributed by atoms with van der Waals surface area (Å²) in [5, 5.41) is 4.49. The van der Waals surface area contributed by atoms with Gasteiger partial charge in [0.2, 0.25) is 5.91 Å². The van der Waals surface area contributed by atoms with Crippen molar-refractivity contribution in [2.45, 2.75) is 52.4 Å².